The fourth-order valence-corrected chi connectivity index (χ4v) is 2.16. The van der Waals surface area contributed by atoms with E-state index in [4.69, 9.17) is 4.74 Å². The summed E-state index contributed by atoms with van der Waals surface area (Å²) in [6.45, 7) is 8.38. The van der Waals surface area contributed by atoms with Crippen LogP contribution in [0.1, 0.15) is 20.3 Å². The van der Waals surface area contributed by atoms with E-state index in [2.05, 4.69) is 22.5 Å². The summed E-state index contributed by atoms with van der Waals surface area (Å²) in [6.07, 6.45) is 0.867. The minimum atomic E-state index is -0.0466. The van der Waals surface area contributed by atoms with E-state index in [0.717, 1.165) is 26.1 Å². The molecule has 1 saturated heterocycles. The van der Waals surface area contributed by atoms with Gasteiger partial charge in [-0.1, -0.05) is 0 Å². The van der Waals surface area contributed by atoms with Crippen molar-refractivity contribution < 1.29 is 9.53 Å². The Morgan fingerprint density at radius 3 is 3.06 bits per heavy atom. The molecule has 1 amide bonds. The minimum absolute atomic E-state index is 0.0466. The van der Waals surface area contributed by atoms with E-state index in [0.29, 0.717) is 19.2 Å². The molecule has 17 heavy (non-hydrogen) atoms. The molecule has 5 nitrogen and oxygen atoms in total. The van der Waals surface area contributed by atoms with Gasteiger partial charge in [-0.25, -0.2) is 0 Å². The number of methoxy groups -OCH3 is 1. The van der Waals surface area contributed by atoms with Crippen LogP contribution in [0, 0.1) is 0 Å². The van der Waals surface area contributed by atoms with Crippen LogP contribution in [0.15, 0.2) is 0 Å². The average Bonchev–Trinajstić information content (AvgIpc) is 2.34. The van der Waals surface area contributed by atoms with E-state index in [-0.39, 0.29) is 11.9 Å². The topological polar surface area (TPSA) is 53.6 Å². The van der Waals surface area contributed by atoms with Gasteiger partial charge in [0.05, 0.1) is 6.04 Å². The van der Waals surface area contributed by atoms with Gasteiger partial charge in [0.2, 0.25) is 5.91 Å². The zero-order valence-corrected chi connectivity index (χ0v) is 11.2. The number of nitrogens with zero attached hydrogens (tertiary/aromatic N) is 1. The van der Waals surface area contributed by atoms with Crippen LogP contribution in [0.4, 0.5) is 0 Å². The molecule has 100 valence electrons. The van der Waals surface area contributed by atoms with Crippen LogP contribution < -0.4 is 10.6 Å². The van der Waals surface area contributed by atoms with Gasteiger partial charge >= 0.3 is 0 Å². The lowest BCUT2D eigenvalue weighted by Gasteiger charge is -2.37. The van der Waals surface area contributed by atoms with Crippen LogP contribution in [0.25, 0.3) is 0 Å². The Morgan fingerprint density at radius 2 is 2.41 bits per heavy atom. The van der Waals surface area contributed by atoms with E-state index in [1.165, 1.54) is 0 Å². The lowest BCUT2D eigenvalue weighted by Crippen LogP contribution is -2.57. The van der Waals surface area contributed by atoms with Crippen LogP contribution in [-0.4, -0.2) is 62.8 Å². The Labute approximate surface area is 104 Å². The van der Waals surface area contributed by atoms with Crippen LogP contribution in [-0.2, 0) is 9.53 Å². The maximum absolute atomic E-state index is 11.9. The van der Waals surface area contributed by atoms with Crippen molar-refractivity contribution in [2.45, 2.75) is 32.4 Å². The standard InChI is InChI=1S/C12H25N3O2/c1-10-9-13-6-7-15(10)11(2)12(16)14-5-4-8-17-3/h10-11,13H,4-9H2,1-3H3,(H,14,16). The normalized spacial score (nSPS) is 23.4. The van der Waals surface area contributed by atoms with Crippen LogP contribution in [0.3, 0.4) is 0 Å². The van der Waals surface area contributed by atoms with Crippen molar-refractivity contribution >= 4 is 5.91 Å². The Kier molecular flexibility index (Phi) is 6.47. The number of carbonyl (C=O) groups is 1. The third-order valence-corrected chi connectivity index (χ3v) is 3.25. The number of carbonyl (C=O) groups excluding carboxylic acids is 1. The molecule has 1 rings (SSSR count). The van der Waals surface area contributed by atoms with E-state index in [9.17, 15) is 4.79 Å². The van der Waals surface area contributed by atoms with Crippen LogP contribution in [0.2, 0.25) is 0 Å². The Morgan fingerprint density at radius 1 is 1.65 bits per heavy atom. The van der Waals surface area contributed by atoms with E-state index in [1.54, 1.807) is 7.11 Å². The Bertz CT molecular complexity index is 236. The highest BCUT2D eigenvalue weighted by Gasteiger charge is 2.27. The first kappa shape index (κ1) is 14.4. The van der Waals surface area contributed by atoms with Crippen LogP contribution >= 0.6 is 0 Å². The zero-order valence-electron chi connectivity index (χ0n) is 11.2. The van der Waals surface area contributed by atoms with Gasteiger partial charge in [0.25, 0.3) is 0 Å². The Balaban J connectivity index is 2.29. The fraction of sp³-hybridized carbons (Fsp3) is 0.917. The smallest absolute Gasteiger partial charge is 0.237 e. The second-order valence-corrected chi connectivity index (χ2v) is 4.60. The molecule has 1 heterocycles. The predicted octanol–water partition coefficient (Wildman–Crippen LogP) is -0.179. The number of ether oxygens (including phenoxy) is 1. The van der Waals surface area contributed by atoms with Crippen molar-refractivity contribution in [1.29, 1.82) is 0 Å². The monoisotopic (exact) mass is 243 g/mol. The molecule has 5 heteroatoms. The van der Waals surface area contributed by atoms with Gasteiger partial charge < -0.3 is 15.4 Å². The molecule has 0 saturated carbocycles. The molecule has 2 atom stereocenters. The number of rotatable bonds is 6. The first-order valence-electron chi connectivity index (χ1n) is 6.40. The lowest BCUT2D eigenvalue weighted by molar-refractivity contribution is -0.127. The number of nitrogens with one attached hydrogen (secondary N) is 2. The van der Waals surface area contributed by atoms with E-state index in [1.807, 2.05) is 6.92 Å². The Hall–Kier alpha value is -0.650. The molecule has 1 aliphatic heterocycles. The molecule has 0 aliphatic carbocycles. The van der Waals surface area contributed by atoms with Gasteiger partial charge in [-0.2, -0.15) is 0 Å². The van der Waals surface area contributed by atoms with Crippen molar-refractivity contribution in [1.82, 2.24) is 15.5 Å². The van der Waals surface area contributed by atoms with E-state index < -0.39 is 0 Å². The summed E-state index contributed by atoms with van der Waals surface area (Å²) in [7, 11) is 1.67. The molecule has 0 spiro atoms. The average molecular weight is 243 g/mol. The van der Waals surface area contributed by atoms with Crippen molar-refractivity contribution in [3.05, 3.63) is 0 Å². The number of piperazine rings is 1. The fourth-order valence-electron chi connectivity index (χ4n) is 2.16. The molecule has 1 aliphatic rings. The van der Waals surface area contributed by atoms with Gasteiger partial charge in [-0.3, -0.25) is 9.69 Å². The van der Waals surface area contributed by atoms with Crippen LogP contribution in [0.5, 0.6) is 0 Å². The minimum Gasteiger partial charge on any atom is -0.385 e. The number of amides is 1. The van der Waals surface area contributed by atoms with E-state index >= 15 is 0 Å². The lowest BCUT2D eigenvalue weighted by atomic mass is 10.1. The summed E-state index contributed by atoms with van der Waals surface area (Å²) in [6, 6.07) is 0.373. The van der Waals surface area contributed by atoms with Gasteiger partial charge in [-0.05, 0) is 20.3 Å². The third-order valence-electron chi connectivity index (χ3n) is 3.25. The molecular weight excluding hydrogens is 218 g/mol. The first-order valence-corrected chi connectivity index (χ1v) is 6.40. The van der Waals surface area contributed by atoms with Gasteiger partial charge in [0, 0.05) is 45.9 Å². The predicted molar refractivity (Wildman–Crippen MR) is 68.0 cm³/mol. The third kappa shape index (κ3) is 4.61. The number of hydrogen-bond donors (Lipinski definition) is 2. The summed E-state index contributed by atoms with van der Waals surface area (Å²) in [5.41, 5.74) is 0. The molecule has 2 N–H and O–H groups in total. The highest BCUT2D eigenvalue weighted by Crippen LogP contribution is 2.07. The first-order chi connectivity index (χ1) is 8.16. The summed E-state index contributed by atoms with van der Waals surface area (Å²) >= 11 is 0. The largest absolute Gasteiger partial charge is 0.385 e. The van der Waals surface area contributed by atoms with Crippen molar-refractivity contribution in [2.24, 2.45) is 0 Å². The SMILES string of the molecule is COCCCNC(=O)C(C)N1CCNCC1C. The second kappa shape index (κ2) is 7.63. The van der Waals surface area contributed by atoms with Crippen molar-refractivity contribution in [3.8, 4) is 0 Å². The summed E-state index contributed by atoms with van der Waals surface area (Å²) < 4.78 is 4.95. The molecule has 2 unspecified atom stereocenters. The summed E-state index contributed by atoms with van der Waals surface area (Å²) in [5.74, 6) is 0.120. The van der Waals surface area contributed by atoms with Crippen molar-refractivity contribution in [3.63, 3.8) is 0 Å². The molecule has 0 aromatic carbocycles. The molecule has 0 aromatic heterocycles. The van der Waals surface area contributed by atoms with Gasteiger partial charge in [0.1, 0.15) is 0 Å². The molecule has 0 radical (unpaired) electrons. The molecule has 0 bridgehead atoms. The van der Waals surface area contributed by atoms with Crippen molar-refractivity contribution in [2.75, 3.05) is 39.9 Å². The van der Waals surface area contributed by atoms with Gasteiger partial charge in [-0.15, -0.1) is 0 Å². The zero-order chi connectivity index (χ0) is 12.7. The highest BCUT2D eigenvalue weighted by molar-refractivity contribution is 5.81. The van der Waals surface area contributed by atoms with Gasteiger partial charge in [0.15, 0.2) is 0 Å². The summed E-state index contributed by atoms with van der Waals surface area (Å²) in [5, 5.41) is 6.28. The molecule has 1 fully saturated rings. The highest BCUT2D eigenvalue weighted by atomic mass is 16.5. The second-order valence-electron chi connectivity index (χ2n) is 4.60. The summed E-state index contributed by atoms with van der Waals surface area (Å²) in [4.78, 5) is 14.2. The molecular formula is C12H25N3O2. The quantitative estimate of drug-likeness (QED) is 0.636. The maximum Gasteiger partial charge on any atom is 0.237 e. The molecule has 0 aromatic rings. The number of hydrogen-bond acceptors (Lipinski definition) is 4. The maximum atomic E-state index is 11.9.